The lowest BCUT2D eigenvalue weighted by atomic mass is 10.1. The van der Waals surface area contributed by atoms with Crippen LogP contribution in [-0.4, -0.2) is 11.1 Å². The minimum absolute atomic E-state index is 0.0365. The third-order valence-electron chi connectivity index (χ3n) is 2.80. The van der Waals surface area contributed by atoms with E-state index < -0.39 is 5.97 Å². The van der Waals surface area contributed by atoms with Gasteiger partial charge in [0.1, 0.15) is 0 Å². The lowest BCUT2D eigenvalue weighted by molar-refractivity contribution is 0.0698. The topological polar surface area (TPSA) is 75.3 Å². The van der Waals surface area contributed by atoms with Gasteiger partial charge in [-0.05, 0) is 36.8 Å². The van der Waals surface area contributed by atoms with E-state index in [1.54, 1.807) is 0 Å². The second-order valence-electron chi connectivity index (χ2n) is 4.31. The highest BCUT2D eigenvalue weighted by molar-refractivity contribution is 9.10. The number of carboxylic acid groups (broad SMARTS) is 1. The summed E-state index contributed by atoms with van der Waals surface area (Å²) in [6, 6.07) is 8.57. The van der Waals surface area contributed by atoms with Crippen LogP contribution in [0.25, 0.3) is 0 Å². The van der Waals surface area contributed by atoms with Crippen LogP contribution in [0.4, 0.5) is 17.1 Å². The predicted molar refractivity (Wildman–Crippen MR) is 85.0 cm³/mol. The molecule has 0 aliphatic carbocycles. The largest absolute Gasteiger partial charge is 0.478 e. The number of nitrogens with two attached hydrogens (primary N) is 1. The minimum Gasteiger partial charge on any atom is -0.478 e. The zero-order valence-electron chi connectivity index (χ0n) is 10.6. The Hall–Kier alpha value is -1.72. The number of aromatic carboxylic acids is 1. The maximum Gasteiger partial charge on any atom is 0.337 e. The summed E-state index contributed by atoms with van der Waals surface area (Å²) in [4.78, 5) is 11.3. The van der Waals surface area contributed by atoms with Gasteiger partial charge in [-0.15, -0.1) is 0 Å². The molecule has 104 valence electrons. The number of hydrogen-bond donors (Lipinski definition) is 3. The Labute approximate surface area is 129 Å². The molecule has 0 aliphatic rings. The third kappa shape index (κ3) is 3.05. The minimum atomic E-state index is -1.09. The van der Waals surface area contributed by atoms with Crippen molar-refractivity contribution in [3.8, 4) is 0 Å². The van der Waals surface area contributed by atoms with Gasteiger partial charge in [0.25, 0.3) is 0 Å². The Balaban J connectivity index is 2.53. The first-order valence-corrected chi connectivity index (χ1v) is 6.91. The molecular formula is C14H12BrClN2O2. The number of nitrogens with one attached hydrogen (secondary N) is 1. The normalized spacial score (nSPS) is 10.3. The number of rotatable bonds is 3. The summed E-state index contributed by atoms with van der Waals surface area (Å²) < 4.78 is 0.883. The molecule has 6 heteroatoms. The highest BCUT2D eigenvalue weighted by atomic mass is 79.9. The van der Waals surface area contributed by atoms with E-state index >= 15 is 0 Å². The second kappa shape index (κ2) is 5.73. The van der Waals surface area contributed by atoms with Crippen molar-refractivity contribution in [1.29, 1.82) is 0 Å². The maximum atomic E-state index is 11.3. The van der Waals surface area contributed by atoms with Gasteiger partial charge in [-0.1, -0.05) is 33.6 Å². The smallest absolute Gasteiger partial charge is 0.337 e. The van der Waals surface area contributed by atoms with Gasteiger partial charge >= 0.3 is 5.97 Å². The number of hydrogen-bond acceptors (Lipinski definition) is 3. The van der Waals surface area contributed by atoms with Crippen LogP contribution in [0, 0.1) is 6.92 Å². The summed E-state index contributed by atoms with van der Waals surface area (Å²) in [6.45, 7) is 1.92. The number of halogens is 2. The SMILES string of the molecule is Cc1ccc(Br)cc1Nc1c(Cl)cc(N)cc1C(=O)O. The van der Waals surface area contributed by atoms with Crippen LogP contribution in [-0.2, 0) is 0 Å². The van der Waals surface area contributed by atoms with E-state index in [2.05, 4.69) is 21.2 Å². The standard InChI is InChI=1S/C14H12BrClN2O2/c1-7-2-3-8(15)4-12(7)18-13-10(14(19)20)5-9(17)6-11(13)16/h2-6,18H,17H2,1H3,(H,19,20). The van der Waals surface area contributed by atoms with Crippen LogP contribution in [0.1, 0.15) is 15.9 Å². The molecule has 0 spiro atoms. The Morgan fingerprint density at radius 2 is 2.05 bits per heavy atom. The Morgan fingerprint density at radius 3 is 2.70 bits per heavy atom. The Kier molecular flexibility index (Phi) is 4.20. The molecule has 0 atom stereocenters. The van der Waals surface area contributed by atoms with Gasteiger partial charge in [-0.25, -0.2) is 4.79 Å². The number of carbonyl (C=O) groups is 1. The average molecular weight is 356 g/mol. The molecule has 0 unspecified atom stereocenters. The number of nitrogen functional groups attached to an aromatic ring is 1. The molecular weight excluding hydrogens is 344 g/mol. The molecule has 0 aromatic heterocycles. The van der Waals surface area contributed by atoms with Crippen LogP contribution in [0.2, 0.25) is 5.02 Å². The summed E-state index contributed by atoms with van der Waals surface area (Å²) >= 11 is 9.48. The van der Waals surface area contributed by atoms with E-state index in [0.717, 1.165) is 15.7 Å². The van der Waals surface area contributed by atoms with Crippen LogP contribution in [0.5, 0.6) is 0 Å². The van der Waals surface area contributed by atoms with Crippen molar-refractivity contribution in [3.05, 3.63) is 51.0 Å². The van der Waals surface area contributed by atoms with Gasteiger partial charge in [0.05, 0.1) is 16.3 Å². The molecule has 0 heterocycles. The van der Waals surface area contributed by atoms with E-state index in [-0.39, 0.29) is 10.6 Å². The van der Waals surface area contributed by atoms with Crippen molar-refractivity contribution < 1.29 is 9.90 Å². The number of carboxylic acids is 1. The van der Waals surface area contributed by atoms with Crippen LogP contribution in [0.3, 0.4) is 0 Å². The molecule has 4 nitrogen and oxygen atoms in total. The van der Waals surface area contributed by atoms with Crippen LogP contribution in [0.15, 0.2) is 34.8 Å². The first-order valence-electron chi connectivity index (χ1n) is 5.74. The molecule has 0 radical (unpaired) electrons. The summed E-state index contributed by atoms with van der Waals surface area (Å²) in [6.07, 6.45) is 0. The van der Waals surface area contributed by atoms with E-state index in [1.807, 2.05) is 25.1 Å². The summed E-state index contributed by atoms with van der Waals surface area (Å²) in [5.41, 5.74) is 8.05. The van der Waals surface area contributed by atoms with Crippen molar-refractivity contribution in [3.63, 3.8) is 0 Å². The summed E-state index contributed by atoms with van der Waals surface area (Å²) in [5.74, 6) is -1.09. The molecule has 0 saturated carbocycles. The van der Waals surface area contributed by atoms with E-state index in [4.69, 9.17) is 17.3 Å². The monoisotopic (exact) mass is 354 g/mol. The van der Waals surface area contributed by atoms with Gasteiger partial charge in [0, 0.05) is 15.8 Å². The molecule has 0 amide bonds. The molecule has 20 heavy (non-hydrogen) atoms. The van der Waals surface area contributed by atoms with E-state index in [0.29, 0.717) is 11.4 Å². The Morgan fingerprint density at radius 1 is 1.35 bits per heavy atom. The van der Waals surface area contributed by atoms with Crippen molar-refractivity contribution in [2.75, 3.05) is 11.1 Å². The van der Waals surface area contributed by atoms with Gasteiger partial charge in [0.2, 0.25) is 0 Å². The predicted octanol–water partition coefficient (Wildman–Crippen LogP) is 4.43. The highest BCUT2D eigenvalue weighted by Crippen LogP contribution is 2.33. The number of benzene rings is 2. The second-order valence-corrected chi connectivity index (χ2v) is 5.64. The van der Waals surface area contributed by atoms with Gasteiger partial charge in [-0.3, -0.25) is 0 Å². The zero-order chi connectivity index (χ0) is 14.9. The lowest BCUT2D eigenvalue weighted by Crippen LogP contribution is -2.05. The molecule has 4 N–H and O–H groups in total. The molecule has 2 aromatic rings. The highest BCUT2D eigenvalue weighted by Gasteiger charge is 2.15. The fourth-order valence-corrected chi connectivity index (χ4v) is 2.42. The van der Waals surface area contributed by atoms with Crippen molar-refractivity contribution in [2.45, 2.75) is 6.92 Å². The number of anilines is 3. The van der Waals surface area contributed by atoms with Crippen LogP contribution < -0.4 is 11.1 Å². The quantitative estimate of drug-likeness (QED) is 0.712. The average Bonchev–Trinajstić information content (AvgIpc) is 2.36. The van der Waals surface area contributed by atoms with E-state index in [1.165, 1.54) is 12.1 Å². The van der Waals surface area contributed by atoms with Gasteiger partial charge in [0.15, 0.2) is 0 Å². The van der Waals surface area contributed by atoms with Gasteiger partial charge in [-0.2, -0.15) is 0 Å². The van der Waals surface area contributed by atoms with Crippen LogP contribution >= 0.6 is 27.5 Å². The van der Waals surface area contributed by atoms with E-state index in [9.17, 15) is 9.90 Å². The molecule has 2 rings (SSSR count). The zero-order valence-corrected chi connectivity index (χ0v) is 12.9. The molecule has 0 aliphatic heterocycles. The summed E-state index contributed by atoms with van der Waals surface area (Å²) in [7, 11) is 0. The fourth-order valence-electron chi connectivity index (χ4n) is 1.79. The molecule has 0 saturated heterocycles. The fraction of sp³-hybridized carbons (Fsp3) is 0.0714. The summed E-state index contributed by atoms with van der Waals surface area (Å²) in [5, 5.41) is 12.6. The lowest BCUT2D eigenvalue weighted by Gasteiger charge is -2.14. The number of aryl methyl sites for hydroxylation is 1. The van der Waals surface area contributed by atoms with Crippen molar-refractivity contribution >= 4 is 50.6 Å². The first-order chi connectivity index (χ1) is 9.38. The molecule has 0 fully saturated rings. The van der Waals surface area contributed by atoms with Crippen molar-refractivity contribution in [1.82, 2.24) is 0 Å². The molecule has 2 aromatic carbocycles. The Bertz CT molecular complexity index is 689. The maximum absolute atomic E-state index is 11.3. The molecule has 0 bridgehead atoms. The third-order valence-corrected chi connectivity index (χ3v) is 3.59. The first kappa shape index (κ1) is 14.7. The van der Waals surface area contributed by atoms with Crippen molar-refractivity contribution in [2.24, 2.45) is 0 Å². The van der Waals surface area contributed by atoms with Gasteiger partial charge < -0.3 is 16.2 Å².